The molecule has 1 aliphatic heterocycles. The van der Waals surface area contributed by atoms with Crippen LogP contribution >= 0.6 is 0 Å². The predicted molar refractivity (Wildman–Crippen MR) is 85.0 cm³/mol. The molecule has 3 N–H and O–H groups in total. The highest BCUT2D eigenvalue weighted by Gasteiger charge is 2.07. The minimum Gasteiger partial charge on any atom is -0.328 e. The van der Waals surface area contributed by atoms with Gasteiger partial charge in [0.2, 0.25) is 0 Å². The van der Waals surface area contributed by atoms with Crippen molar-refractivity contribution < 1.29 is 0 Å². The van der Waals surface area contributed by atoms with Crippen molar-refractivity contribution in [2.75, 3.05) is 13.1 Å². The van der Waals surface area contributed by atoms with Gasteiger partial charge >= 0.3 is 0 Å². The molecular weight excluding hydrogens is 220 g/mol. The quantitative estimate of drug-likeness (QED) is 0.678. The number of nitrogens with one attached hydrogen (secondary N) is 1. The SMILES string of the molecule is C1CCNCC1.CC.CC(C)C.NC1CCCC1. The van der Waals surface area contributed by atoms with Crippen molar-refractivity contribution in [2.24, 2.45) is 11.7 Å². The lowest BCUT2D eigenvalue weighted by atomic mass is 10.2. The molecule has 0 aromatic rings. The molecule has 112 valence electrons. The highest BCUT2D eigenvalue weighted by atomic mass is 14.9. The summed E-state index contributed by atoms with van der Waals surface area (Å²) in [5.74, 6) is 0.833. The van der Waals surface area contributed by atoms with E-state index in [1.807, 2.05) is 13.8 Å². The van der Waals surface area contributed by atoms with E-state index in [1.165, 1.54) is 58.0 Å². The van der Waals surface area contributed by atoms with Crippen molar-refractivity contribution in [1.82, 2.24) is 5.32 Å². The van der Waals surface area contributed by atoms with Crippen molar-refractivity contribution in [1.29, 1.82) is 0 Å². The molecule has 0 radical (unpaired) electrons. The Morgan fingerprint density at radius 3 is 1.33 bits per heavy atom. The van der Waals surface area contributed by atoms with Crippen LogP contribution in [0.1, 0.15) is 79.6 Å². The average Bonchev–Trinajstić information content (AvgIpc) is 2.85. The normalized spacial score (nSPS) is 18.8. The van der Waals surface area contributed by atoms with Crippen LogP contribution in [0.3, 0.4) is 0 Å². The molecule has 0 atom stereocenters. The second-order valence-corrected chi connectivity index (χ2v) is 5.59. The van der Waals surface area contributed by atoms with E-state index < -0.39 is 0 Å². The summed E-state index contributed by atoms with van der Waals surface area (Å²) in [4.78, 5) is 0. The lowest BCUT2D eigenvalue weighted by molar-refractivity contribution is 0.520. The Morgan fingerprint density at radius 2 is 1.22 bits per heavy atom. The molecule has 0 amide bonds. The zero-order chi connectivity index (χ0) is 14.2. The maximum atomic E-state index is 5.53. The monoisotopic (exact) mass is 258 g/mol. The second kappa shape index (κ2) is 16.9. The van der Waals surface area contributed by atoms with Gasteiger partial charge in [0.15, 0.2) is 0 Å². The molecular formula is C16H38N2. The summed E-state index contributed by atoms with van der Waals surface area (Å²) in [5, 5.41) is 3.28. The molecule has 2 fully saturated rings. The van der Waals surface area contributed by atoms with Crippen LogP contribution in [0.5, 0.6) is 0 Å². The van der Waals surface area contributed by atoms with E-state index >= 15 is 0 Å². The Labute approximate surface area is 116 Å². The first-order chi connectivity index (χ1) is 8.63. The molecule has 0 bridgehead atoms. The third-order valence-corrected chi connectivity index (χ3v) is 2.61. The molecule has 18 heavy (non-hydrogen) atoms. The third kappa shape index (κ3) is 21.2. The van der Waals surface area contributed by atoms with E-state index in [-0.39, 0.29) is 0 Å². The molecule has 1 aliphatic carbocycles. The molecule has 2 aliphatic rings. The summed E-state index contributed by atoms with van der Waals surface area (Å²) in [7, 11) is 0. The molecule has 2 rings (SSSR count). The van der Waals surface area contributed by atoms with Crippen LogP contribution in [-0.4, -0.2) is 19.1 Å². The van der Waals surface area contributed by atoms with Crippen molar-refractivity contribution >= 4 is 0 Å². The molecule has 1 heterocycles. The van der Waals surface area contributed by atoms with E-state index in [0.29, 0.717) is 6.04 Å². The maximum absolute atomic E-state index is 5.53. The van der Waals surface area contributed by atoms with E-state index in [2.05, 4.69) is 26.1 Å². The molecule has 2 heteroatoms. The fourth-order valence-corrected chi connectivity index (χ4v) is 1.76. The van der Waals surface area contributed by atoms with Gasteiger partial charge in [-0.25, -0.2) is 0 Å². The van der Waals surface area contributed by atoms with Crippen molar-refractivity contribution in [3.05, 3.63) is 0 Å². The van der Waals surface area contributed by atoms with E-state index in [9.17, 15) is 0 Å². The van der Waals surface area contributed by atoms with Gasteiger partial charge in [-0.05, 0) is 44.7 Å². The summed E-state index contributed by atoms with van der Waals surface area (Å²) < 4.78 is 0. The van der Waals surface area contributed by atoms with Crippen LogP contribution in [0.25, 0.3) is 0 Å². The number of hydrogen-bond donors (Lipinski definition) is 2. The number of nitrogens with two attached hydrogens (primary N) is 1. The van der Waals surface area contributed by atoms with Crippen LogP contribution < -0.4 is 11.1 Å². The second-order valence-electron chi connectivity index (χ2n) is 5.59. The van der Waals surface area contributed by atoms with Crippen LogP contribution in [0.4, 0.5) is 0 Å². The molecule has 1 saturated carbocycles. The largest absolute Gasteiger partial charge is 0.328 e. The zero-order valence-electron chi connectivity index (χ0n) is 13.6. The number of piperidine rings is 1. The molecule has 0 spiro atoms. The molecule has 1 saturated heterocycles. The molecule has 0 aromatic heterocycles. The Morgan fingerprint density at radius 1 is 0.833 bits per heavy atom. The summed E-state index contributed by atoms with van der Waals surface area (Å²) in [6.45, 7) is 13.0. The highest BCUT2D eigenvalue weighted by Crippen LogP contribution is 2.14. The van der Waals surface area contributed by atoms with Crippen molar-refractivity contribution in [2.45, 2.75) is 85.6 Å². The molecule has 0 unspecified atom stereocenters. The smallest absolute Gasteiger partial charge is 0.00388 e. The average molecular weight is 258 g/mol. The van der Waals surface area contributed by atoms with Crippen LogP contribution in [0.2, 0.25) is 0 Å². The fourth-order valence-electron chi connectivity index (χ4n) is 1.76. The van der Waals surface area contributed by atoms with E-state index in [1.54, 1.807) is 0 Å². The van der Waals surface area contributed by atoms with Gasteiger partial charge in [-0.3, -0.25) is 0 Å². The lowest BCUT2D eigenvalue weighted by Crippen LogP contribution is -2.21. The Balaban J connectivity index is 0. The van der Waals surface area contributed by atoms with Gasteiger partial charge < -0.3 is 11.1 Å². The van der Waals surface area contributed by atoms with Gasteiger partial charge in [0, 0.05) is 6.04 Å². The van der Waals surface area contributed by atoms with Crippen molar-refractivity contribution in [3.8, 4) is 0 Å². The molecule has 0 aromatic carbocycles. The summed E-state index contributed by atoms with van der Waals surface area (Å²) in [6.07, 6.45) is 9.47. The van der Waals surface area contributed by atoms with E-state index in [4.69, 9.17) is 5.73 Å². The minimum absolute atomic E-state index is 0.546. The first kappa shape index (κ1) is 20.2. The third-order valence-electron chi connectivity index (χ3n) is 2.61. The van der Waals surface area contributed by atoms with Crippen LogP contribution in [-0.2, 0) is 0 Å². The van der Waals surface area contributed by atoms with Gasteiger partial charge in [0.1, 0.15) is 0 Å². The summed E-state index contributed by atoms with van der Waals surface area (Å²) in [6, 6.07) is 0.546. The summed E-state index contributed by atoms with van der Waals surface area (Å²) in [5.41, 5.74) is 5.53. The Hall–Kier alpha value is -0.0800. The minimum atomic E-state index is 0.546. The molecule has 2 nitrogen and oxygen atoms in total. The van der Waals surface area contributed by atoms with Gasteiger partial charge in [0.05, 0.1) is 0 Å². The van der Waals surface area contributed by atoms with Crippen LogP contribution in [0, 0.1) is 5.92 Å². The van der Waals surface area contributed by atoms with E-state index in [0.717, 1.165) is 5.92 Å². The Bertz CT molecular complexity index is 111. The first-order valence-corrected chi connectivity index (χ1v) is 8.09. The topological polar surface area (TPSA) is 38.0 Å². The number of hydrogen-bond acceptors (Lipinski definition) is 2. The van der Waals surface area contributed by atoms with Crippen LogP contribution in [0.15, 0.2) is 0 Å². The van der Waals surface area contributed by atoms with Gasteiger partial charge in [0.25, 0.3) is 0 Å². The predicted octanol–water partition coefficient (Wildman–Crippen LogP) is 4.34. The zero-order valence-corrected chi connectivity index (χ0v) is 13.6. The maximum Gasteiger partial charge on any atom is 0.00388 e. The van der Waals surface area contributed by atoms with Gasteiger partial charge in [-0.1, -0.05) is 53.9 Å². The highest BCUT2D eigenvalue weighted by molar-refractivity contribution is 4.67. The fraction of sp³-hybridized carbons (Fsp3) is 1.00. The Kier molecular flexibility index (Phi) is 19.0. The van der Waals surface area contributed by atoms with Crippen molar-refractivity contribution in [3.63, 3.8) is 0 Å². The lowest BCUT2D eigenvalue weighted by Gasteiger charge is -2.08. The van der Waals surface area contributed by atoms with Gasteiger partial charge in [-0.2, -0.15) is 0 Å². The summed E-state index contributed by atoms with van der Waals surface area (Å²) >= 11 is 0. The standard InChI is InChI=1S/2C5H11N.C4H10.C2H6/c1-2-4-6-5-3-1;6-5-3-1-2-4-5;1-4(2)3;1-2/h6H,1-5H2;5H,1-4,6H2;4H,1-3H3;1-2H3. The first-order valence-electron chi connectivity index (χ1n) is 8.09. The number of rotatable bonds is 0. The van der Waals surface area contributed by atoms with Gasteiger partial charge in [-0.15, -0.1) is 0 Å².